The number of fused-ring (bicyclic) bond motifs is 1. The maximum atomic E-state index is 12.6. The molecule has 1 amide bonds. The van der Waals surface area contributed by atoms with E-state index in [1.165, 1.54) is 17.6 Å². The number of hydrogen-bond donors (Lipinski definition) is 1. The van der Waals surface area contributed by atoms with Crippen LogP contribution in [0, 0.1) is 6.92 Å². The Kier molecular flexibility index (Phi) is 4.78. The van der Waals surface area contributed by atoms with Gasteiger partial charge in [0, 0.05) is 18.3 Å². The summed E-state index contributed by atoms with van der Waals surface area (Å²) in [6.07, 6.45) is 0. The van der Waals surface area contributed by atoms with Gasteiger partial charge >= 0.3 is 0 Å². The third kappa shape index (κ3) is 3.24. The number of hydrogen-bond acceptors (Lipinski definition) is 6. The van der Waals surface area contributed by atoms with E-state index in [-0.39, 0.29) is 17.2 Å². The molecule has 10 heteroatoms. The molecule has 3 rings (SSSR count). The molecule has 0 aliphatic rings. The maximum Gasteiger partial charge on any atom is 0.273 e. The van der Waals surface area contributed by atoms with Crippen LogP contribution in [0.4, 0.5) is 0 Å². The molecule has 0 aromatic carbocycles. The Morgan fingerprint density at radius 1 is 1.44 bits per heavy atom. The molecule has 0 saturated carbocycles. The number of methoxy groups -OCH3 is 1. The lowest BCUT2D eigenvalue weighted by Gasteiger charge is -2.06. The van der Waals surface area contributed by atoms with Crippen LogP contribution in [0.2, 0.25) is 5.15 Å². The zero-order valence-electron chi connectivity index (χ0n) is 13.9. The lowest BCUT2D eigenvalue weighted by atomic mass is 10.3. The third-order valence-corrected chi connectivity index (χ3v) is 4.73. The van der Waals surface area contributed by atoms with Crippen molar-refractivity contribution >= 4 is 33.8 Å². The SMILES string of the molecule is CCNC(=O)c1c(OC)sc2nc(Cn3nc(Cl)cc3C)cc(=O)n12. The highest BCUT2D eigenvalue weighted by atomic mass is 35.5. The minimum absolute atomic E-state index is 0.159. The Bertz CT molecular complexity index is 1010. The normalized spacial score (nSPS) is 11.0. The summed E-state index contributed by atoms with van der Waals surface area (Å²) in [6.45, 7) is 4.42. The van der Waals surface area contributed by atoms with Crippen molar-refractivity contribution in [3.8, 4) is 5.06 Å². The van der Waals surface area contributed by atoms with Crippen LogP contribution < -0.4 is 15.6 Å². The fraction of sp³-hybridized carbons (Fsp3) is 0.333. The highest BCUT2D eigenvalue weighted by molar-refractivity contribution is 7.19. The molecule has 0 fully saturated rings. The van der Waals surface area contributed by atoms with E-state index in [4.69, 9.17) is 16.3 Å². The number of nitrogens with zero attached hydrogens (tertiary/aromatic N) is 4. The topological polar surface area (TPSA) is 90.5 Å². The summed E-state index contributed by atoms with van der Waals surface area (Å²) in [6, 6.07) is 3.12. The average molecular weight is 382 g/mol. The molecule has 3 heterocycles. The molecule has 0 radical (unpaired) electrons. The van der Waals surface area contributed by atoms with Gasteiger partial charge in [-0.1, -0.05) is 22.9 Å². The smallest absolute Gasteiger partial charge is 0.273 e. The molecule has 0 spiro atoms. The van der Waals surface area contributed by atoms with Crippen LogP contribution in [0.25, 0.3) is 4.96 Å². The largest absolute Gasteiger partial charge is 0.485 e. The standard InChI is InChI=1S/C15H16ClN5O3S/c1-4-17-13(23)12-14(24-3)25-15-18-9(6-11(22)21(12)15)7-20-8(2)5-10(16)19-20/h5-6H,4,7H2,1-3H3,(H,17,23). The van der Waals surface area contributed by atoms with Crippen molar-refractivity contribution in [3.05, 3.63) is 44.7 Å². The number of amides is 1. The number of carbonyl (C=O) groups is 1. The molecule has 132 valence electrons. The number of rotatable bonds is 5. The molecule has 0 saturated heterocycles. The molecule has 25 heavy (non-hydrogen) atoms. The highest BCUT2D eigenvalue weighted by Gasteiger charge is 2.22. The summed E-state index contributed by atoms with van der Waals surface area (Å²) < 4.78 is 8.18. The summed E-state index contributed by atoms with van der Waals surface area (Å²) in [5, 5.41) is 7.55. The monoisotopic (exact) mass is 381 g/mol. The molecule has 1 N–H and O–H groups in total. The van der Waals surface area contributed by atoms with Crippen LogP contribution in [0.1, 0.15) is 28.8 Å². The number of aryl methyl sites for hydroxylation is 1. The summed E-state index contributed by atoms with van der Waals surface area (Å²) in [7, 11) is 1.45. The van der Waals surface area contributed by atoms with Gasteiger partial charge in [0.15, 0.2) is 10.8 Å². The minimum atomic E-state index is -0.378. The van der Waals surface area contributed by atoms with E-state index >= 15 is 0 Å². The number of nitrogens with one attached hydrogen (secondary N) is 1. The van der Waals surface area contributed by atoms with E-state index in [2.05, 4.69) is 15.4 Å². The van der Waals surface area contributed by atoms with E-state index in [9.17, 15) is 9.59 Å². The predicted molar refractivity (Wildman–Crippen MR) is 95.0 cm³/mol. The molecular weight excluding hydrogens is 366 g/mol. The molecule has 0 bridgehead atoms. The molecule has 3 aromatic rings. The fourth-order valence-electron chi connectivity index (χ4n) is 2.44. The summed E-state index contributed by atoms with van der Waals surface area (Å²) in [5.74, 6) is -0.378. The first-order valence-electron chi connectivity index (χ1n) is 7.52. The van der Waals surface area contributed by atoms with Crippen molar-refractivity contribution in [1.29, 1.82) is 0 Å². The van der Waals surface area contributed by atoms with Gasteiger partial charge in [0.25, 0.3) is 11.5 Å². The van der Waals surface area contributed by atoms with Gasteiger partial charge in [-0.2, -0.15) is 5.10 Å². The Hall–Kier alpha value is -2.39. The Labute approximate surface area is 152 Å². The third-order valence-electron chi connectivity index (χ3n) is 3.54. The van der Waals surface area contributed by atoms with Crippen LogP contribution in [0.3, 0.4) is 0 Å². The number of carbonyl (C=O) groups excluding carboxylic acids is 1. The van der Waals surface area contributed by atoms with Crippen LogP contribution in [0.5, 0.6) is 5.06 Å². The first-order valence-corrected chi connectivity index (χ1v) is 8.71. The van der Waals surface area contributed by atoms with Gasteiger partial charge in [0.05, 0.1) is 19.3 Å². The van der Waals surface area contributed by atoms with Gasteiger partial charge in [-0.3, -0.25) is 14.3 Å². The van der Waals surface area contributed by atoms with Crippen molar-refractivity contribution in [2.75, 3.05) is 13.7 Å². The van der Waals surface area contributed by atoms with Gasteiger partial charge in [0.1, 0.15) is 0 Å². The van der Waals surface area contributed by atoms with Crippen LogP contribution >= 0.6 is 22.9 Å². The van der Waals surface area contributed by atoms with Gasteiger partial charge in [0.2, 0.25) is 10.0 Å². The van der Waals surface area contributed by atoms with Gasteiger partial charge in [-0.05, 0) is 19.9 Å². The Morgan fingerprint density at radius 2 is 2.20 bits per heavy atom. The zero-order valence-corrected chi connectivity index (χ0v) is 15.4. The van der Waals surface area contributed by atoms with Crippen LogP contribution in [-0.4, -0.2) is 38.7 Å². The fourth-order valence-corrected chi connectivity index (χ4v) is 3.66. The Morgan fingerprint density at radius 3 is 2.80 bits per heavy atom. The van der Waals surface area contributed by atoms with Crippen molar-refractivity contribution in [1.82, 2.24) is 24.5 Å². The first-order chi connectivity index (χ1) is 11.9. The molecule has 3 aromatic heterocycles. The van der Waals surface area contributed by atoms with E-state index in [0.717, 1.165) is 17.0 Å². The summed E-state index contributed by atoms with van der Waals surface area (Å²) in [4.78, 5) is 29.7. The number of ether oxygens (including phenoxy) is 1. The molecule has 0 aliphatic carbocycles. The van der Waals surface area contributed by atoms with E-state index in [1.54, 1.807) is 17.7 Å². The van der Waals surface area contributed by atoms with Crippen molar-refractivity contribution in [3.63, 3.8) is 0 Å². The first kappa shape index (κ1) is 17.4. The van der Waals surface area contributed by atoms with E-state index < -0.39 is 0 Å². The van der Waals surface area contributed by atoms with Crippen LogP contribution in [-0.2, 0) is 6.54 Å². The number of aromatic nitrogens is 4. The maximum absolute atomic E-state index is 12.6. The minimum Gasteiger partial charge on any atom is -0.485 e. The lowest BCUT2D eigenvalue weighted by molar-refractivity contribution is 0.0947. The number of thiazole rings is 1. The average Bonchev–Trinajstić information content (AvgIpc) is 3.07. The van der Waals surface area contributed by atoms with Gasteiger partial charge in [-0.25, -0.2) is 9.38 Å². The van der Waals surface area contributed by atoms with Gasteiger partial charge in [-0.15, -0.1) is 0 Å². The summed E-state index contributed by atoms with van der Waals surface area (Å²) >= 11 is 7.03. The van der Waals surface area contributed by atoms with E-state index in [0.29, 0.717) is 34.0 Å². The number of halogens is 1. The van der Waals surface area contributed by atoms with Crippen molar-refractivity contribution < 1.29 is 9.53 Å². The van der Waals surface area contributed by atoms with Crippen LogP contribution in [0.15, 0.2) is 16.9 Å². The molecule has 0 atom stereocenters. The summed E-state index contributed by atoms with van der Waals surface area (Å²) in [5.41, 5.74) is 1.20. The van der Waals surface area contributed by atoms with E-state index in [1.807, 2.05) is 6.92 Å². The second kappa shape index (κ2) is 6.85. The van der Waals surface area contributed by atoms with Gasteiger partial charge < -0.3 is 10.1 Å². The Balaban J connectivity index is 2.10. The zero-order chi connectivity index (χ0) is 18.1. The molecular formula is C15H16ClN5O3S. The molecule has 0 aliphatic heterocycles. The quantitative estimate of drug-likeness (QED) is 0.726. The molecule has 0 unspecified atom stereocenters. The van der Waals surface area contributed by atoms with Crippen molar-refractivity contribution in [2.45, 2.75) is 20.4 Å². The molecule has 8 nitrogen and oxygen atoms in total. The second-order valence-electron chi connectivity index (χ2n) is 5.27. The highest BCUT2D eigenvalue weighted by Crippen LogP contribution is 2.28. The predicted octanol–water partition coefficient (Wildman–Crippen LogP) is 1.72. The lowest BCUT2D eigenvalue weighted by Crippen LogP contribution is -2.28. The second-order valence-corrected chi connectivity index (χ2v) is 6.60. The van der Waals surface area contributed by atoms with Crippen molar-refractivity contribution in [2.24, 2.45) is 0 Å².